The molecule has 0 aliphatic carbocycles. The highest BCUT2D eigenvalue weighted by Crippen LogP contribution is 2.35. The number of hydrogen-bond donors (Lipinski definition) is 0. The molecule has 0 aliphatic rings. The molecule has 6 nitrogen and oxygen atoms in total. The van der Waals surface area contributed by atoms with Gasteiger partial charge in [0.1, 0.15) is 22.9 Å². The predicted molar refractivity (Wildman–Crippen MR) is 153 cm³/mol. The van der Waals surface area contributed by atoms with Crippen LogP contribution in [0.15, 0.2) is 65.1 Å². The molecule has 200 valence electrons. The Morgan fingerprint density at radius 2 is 1.82 bits per heavy atom. The number of hydrogen-bond acceptors (Lipinski definition) is 4. The van der Waals surface area contributed by atoms with Gasteiger partial charge in [0.2, 0.25) is 0 Å². The third-order valence-corrected chi connectivity index (χ3v) is 6.58. The summed E-state index contributed by atoms with van der Waals surface area (Å²) in [5.74, 6) is 0.346. The van der Waals surface area contributed by atoms with Gasteiger partial charge in [0.15, 0.2) is 0 Å². The van der Waals surface area contributed by atoms with Gasteiger partial charge in [-0.15, -0.1) is 0 Å². The van der Waals surface area contributed by atoms with Crippen molar-refractivity contribution >= 4 is 32.9 Å². The van der Waals surface area contributed by atoms with E-state index in [9.17, 15) is 4.79 Å². The highest BCUT2D eigenvalue weighted by molar-refractivity contribution is 9.10. The van der Waals surface area contributed by atoms with E-state index in [1.54, 1.807) is 22.7 Å². The average Bonchev–Trinajstić information content (AvgIpc) is 3.18. The number of fused-ring (bicyclic) bond motifs is 1. The summed E-state index contributed by atoms with van der Waals surface area (Å²) in [7, 11) is 3.59. The Morgan fingerprint density at radius 1 is 1.05 bits per heavy atom. The lowest BCUT2D eigenvalue weighted by Crippen LogP contribution is -2.34. The van der Waals surface area contributed by atoms with E-state index in [0.717, 1.165) is 39.3 Å². The minimum Gasteiger partial charge on any atom is -0.493 e. The van der Waals surface area contributed by atoms with Gasteiger partial charge in [0, 0.05) is 41.6 Å². The summed E-state index contributed by atoms with van der Waals surface area (Å²) in [6, 6.07) is 18.7. The van der Waals surface area contributed by atoms with E-state index < -0.39 is 5.60 Å². The molecule has 1 amide bonds. The fourth-order valence-electron chi connectivity index (χ4n) is 4.20. The third kappa shape index (κ3) is 6.54. The van der Waals surface area contributed by atoms with E-state index in [2.05, 4.69) is 21.0 Å². The molecule has 4 rings (SSSR count). The van der Waals surface area contributed by atoms with Crippen LogP contribution < -0.4 is 4.74 Å². The summed E-state index contributed by atoms with van der Waals surface area (Å²) in [6.45, 7) is 6.61. The van der Waals surface area contributed by atoms with Crippen LogP contribution in [0.5, 0.6) is 5.75 Å². The average molecular weight is 583 g/mol. The summed E-state index contributed by atoms with van der Waals surface area (Å²) >= 11 is 3.49. The van der Waals surface area contributed by atoms with Crippen LogP contribution in [0, 0.1) is 5.82 Å². The van der Waals surface area contributed by atoms with E-state index in [0.29, 0.717) is 30.2 Å². The number of unbranched alkanes of at least 4 members (excludes halogenated alkanes) is 1. The second kappa shape index (κ2) is 11.6. The smallest absolute Gasteiger partial charge is 0.410 e. The number of para-hydroxylation sites is 1. The summed E-state index contributed by atoms with van der Waals surface area (Å²) in [4.78, 5) is 13.7. The van der Waals surface area contributed by atoms with Crippen molar-refractivity contribution in [1.29, 1.82) is 0 Å². The van der Waals surface area contributed by atoms with Crippen molar-refractivity contribution in [2.75, 3.05) is 20.2 Å². The second-order valence-corrected chi connectivity index (χ2v) is 11.2. The maximum absolute atomic E-state index is 15.4. The molecule has 0 radical (unpaired) electrons. The zero-order valence-electron chi connectivity index (χ0n) is 22.4. The van der Waals surface area contributed by atoms with Crippen LogP contribution in [0.3, 0.4) is 0 Å². The van der Waals surface area contributed by atoms with E-state index in [1.165, 1.54) is 6.07 Å². The number of carbonyl (C=O) groups is 1. The van der Waals surface area contributed by atoms with Crippen molar-refractivity contribution in [1.82, 2.24) is 14.7 Å². The molecule has 38 heavy (non-hydrogen) atoms. The summed E-state index contributed by atoms with van der Waals surface area (Å²) < 4.78 is 29.6. The fourth-order valence-corrected chi connectivity index (χ4v) is 4.55. The first-order chi connectivity index (χ1) is 18.0. The van der Waals surface area contributed by atoms with Crippen LogP contribution in [-0.4, -0.2) is 46.6 Å². The predicted octanol–water partition coefficient (Wildman–Crippen LogP) is 7.83. The van der Waals surface area contributed by atoms with E-state index in [4.69, 9.17) is 9.47 Å². The molecular formula is C30H33BrFN3O3. The number of rotatable bonds is 8. The van der Waals surface area contributed by atoms with Crippen LogP contribution in [0.2, 0.25) is 0 Å². The first-order valence-electron chi connectivity index (χ1n) is 12.6. The van der Waals surface area contributed by atoms with Crippen LogP contribution >= 0.6 is 15.9 Å². The number of halogens is 2. The Bertz CT molecular complexity index is 1440. The topological polar surface area (TPSA) is 56.6 Å². The lowest BCUT2D eigenvalue weighted by molar-refractivity contribution is 0.0294. The van der Waals surface area contributed by atoms with Crippen molar-refractivity contribution in [2.24, 2.45) is 7.05 Å². The van der Waals surface area contributed by atoms with Crippen LogP contribution in [-0.2, 0) is 11.8 Å². The number of amides is 1. The Balaban J connectivity index is 1.43. The molecule has 0 saturated carbocycles. The van der Waals surface area contributed by atoms with Crippen molar-refractivity contribution < 1.29 is 18.7 Å². The number of nitrogens with zero attached hydrogens (tertiary/aromatic N) is 3. The zero-order chi connectivity index (χ0) is 27.4. The SMILES string of the molecule is CN(CCCCOc1ccccc1-c1ccc(-c2nn(C)c3cc(Br)ccc23)c(F)c1)C(=O)OC(C)(C)C. The Labute approximate surface area is 231 Å². The minimum atomic E-state index is -0.515. The van der Waals surface area contributed by atoms with Gasteiger partial charge in [0.25, 0.3) is 0 Å². The first-order valence-corrected chi connectivity index (χ1v) is 13.4. The standard InChI is InChI=1S/C30H33BrFN3O3/c1-30(2,3)38-29(36)34(4)16-8-9-17-37-27-11-7-6-10-22(27)20-12-14-23(25(32)18-20)28-24-15-13-21(31)19-26(24)35(5)33-28/h6-7,10-15,18-19H,8-9,16-17H2,1-5H3. The quantitative estimate of drug-likeness (QED) is 0.199. The van der Waals surface area contributed by atoms with Gasteiger partial charge in [-0.3, -0.25) is 4.68 Å². The molecular weight excluding hydrogens is 549 g/mol. The van der Waals surface area contributed by atoms with Gasteiger partial charge in [0.05, 0.1) is 12.1 Å². The van der Waals surface area contributed by atoms with Crippen LogP contribution in [0.4, 0.5) is 9.18 Å². The Hall–Kier alpha value is -3.39. The highest BCUT2D eigenvalue weighted by Gasteiger charge is 2.19. The summed E-state index contributed by atoms with van der Waals surface area (Å²) in [6.07, 6.45) is 1.20. The molecule has 0 fully saturated rings. The molecule has 0 unspecified atom stereocenters. The van der Waals surface area contributed by atoms with Crippen molar-refractivity contribution in [3.63, 3.8) is 0 Å². The van der Waals surface area contributed by atoms with Gasteiger partial charge in [-0.05, 0) is 75.6 Å². The Morgan fingerprint density at radius 3 is 2.55 bits per heavy atom. The molecule has 0 spiro atoms. The number of aromatic nitrogens is 2. The van der Waals surface area contributed by atoms with Crippen LogP contribution in [0.25, 0.3) is 33.3 Å². The van der Waals surface area contributed by atoms with Crippen LogP contribution in [0.1, 0.15) is 33.6 Å². The monoisotopic (exact) mass is 581 g/mol. The van der Waals surface area contributed by atoms with Gasteiger partial charge in [-0.1, -0.05) is 40.2 Å². The number of benzene rings is 3. The Kier molecular flexibility index (Phi) is 8.41. The molecule has 3 aromatic carbocycles. The normalized spacial score (nSPS) is 11.6. The van der Waals surface area contributed by atoms with E-state index in [-0.39, 0.29) is 11.9 Å². The second-order valence-electron chi connectivity index (χ2n) is 10.3. The lowest BCUT2D eigenvalue weighted by atomic mass is 10.00. The molecule has 4 aromatic rings. The molecule has 0 saturated heterocycles. The van der Waals surface area contributed by atoms with Gasteiger partial charge in [-0.25, -0.2) is 9.18 Å². The van der Waals surface area contributed by atoms with E-state index in [1.807, 2.05) is 76.3 Å². The maximum atomic E-state index is 15.4. The molecule has 1 heterocycles. The fraction of sp³-hybridized carbons (Fsp3) is 0.333. The lowest BCUT2D eigenvalue weighted by Gasteiger charge is -2.24. The molecule has 0 aliphatic heterocycles. The van der Waals surface area contributed by atoms with Gasteiger partial charge < -0.3 is 14.4 Å². The largest absolute Gasteiger partial charge is 0.493 e. The molecule has 8 heteroatoms. The summed E-state index contributed by atoms with van der Waals surface area (Å²) in [5.41, 5.74) is 3.02. The summed E-state index contributed by atoms with van der Waals surface area (Å²) in [5, 5.41) is 5.47. The third-order valence-electron chi connectivity index (χ3n) is 6.09. The zero-order valence-corrected chi connectivity index (χ0v) is 24.0. The van der Waals surface area contributed by atoms with E-state index >= 15 is 4.39 Å². The molecule has 0 bridgehead atoms. The number of aryl methyl sites for hydroxylation is 1. The maximum Gasteiger partial charge on any atom is 0.410 e. The molecule has 1 aromatic heterocycles. The van der Waals surface area contributed by atoms with Crippen molar-refractivity contribution in [2.45, 2.75) is 39.2 Å². The number of ether oxygens (including phenoxy) is 2. The first kappa shape index (κ1) is 27.6. The number of carbonyl (C=O) groups excluding carboxylic acids is 1. The minimum absolute atomic E-state index is 0.333. The van der Waals surface area contributed by atoms with Crippen molar-refractivity contribution in [3.8, 4) is 28.1 Å². The van der Waals surface area contributed by atoms with Gasteiger partial charge in [-0.2, -0.15) is 5.10 Å². The van der Waals surface area contributed by atoms with Gasteiger partial charge >= 0.3 is 6.09 Å². The molecule has 0 atom stereocenters. The van der Waals surface area contributed by atoms with Crippen molar-refractivity contribution in [3.05, 3.63) is 71.0 Å². The highest BCUT2D eigenvalue weighted by atomic mass is 79.9. The molecule has 0 N–H and O–H groups in total.